The molecule has 0 amide bonds. The Bertz CT molecular complexity index is 1180. The molecule has 0 spiro atoms. The number of nitrogens with zero attached hydrogens (tertiary/aromatic N) is 2. The van der Waals surface area contributed by atoms with Gasteiger partial charge in [-0.2, -0.15) is 0 Å². The minimum atomic E-state index is -0.569. The summed E-state index contributed by atoms with van der Waals surface area (Å²) in [5.74, 6) is 0.611. The van der Waals surface area contributed by atoms with Gasteiger partial charge in [0, 0.05) is 29.4 Å². The van der Waals surface area contributed by atoms with Gasteiger partial charge in [0.05, 0.1) is 13.2 Å². The highest BCUT2D eigenvalue weighted by Gasteiger charge is 2.22. The number of aryl methyl sites for hydroxylation is 1. The molecule has 6 heteroatoms. The highest BCUT2D eigenvalue weighted by Crippen LogP contribution is 2.37. The van der Waals surface area contributed by atoms with E-state index in [1.807, 2.05) is 43.3 Å². The van der Waals surface area contributed by atoms with Gasteiger partial charge in [0.2, 0.25) is 0 Å². The van der Waals surface area contributed by atoms with Crippen LogP contribution in [-0.4, -0.2) is 22.2 Å². The van der Waals surface area contributed by atoms with Crippen LogP contribution in [0.25, 0.3) is 10.9 Å². The number of halogens is 1. The lowest BCUT2D eigenvalue weighted by Crippen LogP contribution is -2.14. The molecule has 5 nitrogen and oxygen atoms in total. The molecule has 0 aliphatic carbocycles. The fourth-order valence-electron chi connectivity index (χ4n) is 3.35. The first-order valence-corrected chi connectivity index (χ1v) is 9.15. The van der Waals surface area contributed by atoms with E-state index in [9.17, 15) is 9.50 Å². The van der Waals surface area contributed by atoms with E-state index >= 15 is 0 Å². The monoisotopic (exact) mass is 389 g/mol. The van der Waals surface area contributed by atoms with Crippen molar-refractivity contribution in [2.24, 2.45) is 0 Å². The Balaban J connectivity index is 1.88. The number of phenols is 1. The molecule has 1 atom stereocenters. The number of pyridine rings is 2. The number of benzene rings is 2. The summed E-state index contributed by atoms with van der Waals surface area (Å²) >= 11 is 0. The summed E-state index contributed by atoms with van der Waals surface area (Å²) in [5.41, 5.74) is 2.67. The predicted octanol–water partition coefficient (Wildman–Crippen LogP) is 4.99. The first-order chi connectivity index (χ1) is 14.0. The Morgan fingerprint density at radius 1 is 1.03 bits per heavy atom. The highest BCUT2D eigenvalue weighted by molar-refractivity contribution is 5.86. The number of phenolic OH excluding ortho intramolecular Hbond substituents is 1. The number of aromatic hydroxyl groups is 1. The average Bonchev–Trinajstić information content (AvgIpc) is 2.72. The molecule has 0 aliphatic rings. The van der Waals surface area contributed by atoms with Crippen LogP contribution >= 0.6 is 0 Å². The molecule has 146 valence electrons. The summed E-state index contributed by atoms with van der Waals surface area (Å²) in [6.07, 6.45) is 3.32. The molecule has 2 N–H and O–H groups in total. The second-order valence-corrected chi connectivity index (χ2v) is 6.80. The van der Waals surface area contributed by atoms with Crippen molar-refractivity contribution in [1.29, 1.82) is 0 Å². The van der Waals surface area contributed by atoms with E-state index in [4.69, 9.17) is 4.74 Å². The number of anilines is 1. The van der Waals surface area contributed by atoms with Crippen LogP contribution in [0.1, 0.15) is 22.7 Å². The van der Waals surface area contributed by atoms with E-state index in [-0.39, 0.29) is 5.75 Å². The van der Waals surface area contributed by atoms with E-state index < -0.39 is 11.9 Å². The largest absolute Gasteiger partial charge is 0.505 e. The van der Waals surface area contributed by atoms with Crippen molar-refractivity contribution in [2.45, 2.75) is 13.0 Å². The Morgan fingerprint density at radius 3 is 2.69 bits per heavy atom. The van der Waals surface area contributed by atoms with Gasteiger partial charge in [-0.15, -0.1) is 0 Å². The molecule has 29 heavy (non-hydrogen) atoms. The SMILES string of the molecule is COc1cc(F)cc(C(Nc2cc(C)ccn2)c2ccc3cccnc3c2O)c1. The third kappa shape index (κ3) is 3.82. The molecule has 0 aliphatic heterocycles. The lowest BCUT2D eigenvalue weighted by molar-refractivity contribution is 0.410. The normalized spacial score (nSPS) is 12.0. The Hall–Kier alpha value is -3.67. The average molecular weight is 389 g/mol. The van der Waals surface area contributed by atoms with Gasteiger partial charge in [-0.1, -0.05) is 18.2 Å². The zero-order valence-electron chi connectivity index (χ0n) is 16.1. The smallest absolute Gasteiger partial charge is 0.147 e. The van der Waals surface area contributed by atoms with Gasteiger partial charge in [-0.25, -0.2) is 9.37 Å². The zero-order chi connectivity index (χ0) is 20.4. The second-order valence-electron chi connectivity index (χ2n) is 6.80. The molecular weight excluding hydrogens is 369 g/mol. The standard InChI is InChI=1S/C23H20FN3O2/c1-14-7-9-25-20(10-14)27-21(16-11-17(24)13-18(12-16)29-2)19-6-5-15-4-3-8-26-22(15)23(19)28/h3-13,21,28H,1-2H3,(H,25,27). The highest BCUT2D eigenvalue weighted by atomic mass is 19.1. The summed E-state index contributed by atoms with van der Waals surface area (Å²) in [6.45, 7) is 1.96. The van der Waals surface area contributed by atoms with Gasteiger partial charge < -0.3 is 15.2 Å². The van der Waals surface area contributed by atoms with Crippen LogP contribution in [-0.2, 0) is 0 Å². The van der Waals surface area contributed by atoms with Crippen LogP contribution in [0.4, 0.5) is 10.2 Å². The first kappa shape index (κ1) is 18.7. The maximum absolute atomic E-state index is 14.2. The topological polar surface area (TPSA) is 67.3 Å². The Labute approximate surface area is 167 Å². The zero-order valence-corrected chi connectivity index (χ0v) is 16.1. The molecule has 2 heterocycles. The van der Waals surface area contributed by atoms with Gasteiger partial charge in [0.25, 0.3) is 0 Å². The molecule has 0 saturated carbocycles. The maximum atomic E-state index is 14.2. The van der Waals surface area contributed by atoms with Crippen LogP contribution in [0.5, 0.6) is 11.5 Å². The van der Waals surface area contributed by atoms with E-state index in [1.165, 1.54) is 19.2 Å². The Morgan fingerprint density at radius 2 is 1.90 bits per heavy atom. The van der Waals surface area contributed by atoms with E-state index in [0.717, 1.165) is 10.9 Å². The van der Waals surface area contributed by atoms with Crippen LogP contribution < -0.4 is 10.1 Å². The number of rotatable bonds is 5. The molecule has 2 aromatic carbocycles. The molecule has 1 unspecified atom stereocenters. The van der Waals surface area contributed by atoms with Crippen molar-refractivity contribution in [3.05, 3.63) is 89.5 Å². The number of fused-ring (bicyclic) bond motifs is 1. The van der Waals surface area contributed by atoms with Crippen LogP contribution in [0.15, 0.2) is 67.0 Å². The van der Waals surface area contributed by atoms with Crippen LogP contribution in [0.3, 0.4) is 0 Å². The van der Waals surface area contributed by atoms with Crippen molar-refractivity contribution in [3.8, 4) is 11.5 Å². The van der Waals surface area contributed by atoms with Gasteiger partial charge in [0.15, 0.2) is 0 Å². The molecule has 2 aromatic heterocycles. The fraction of sp³-hybridized carbons (Fsp3) is 0.130. The quantitative estimate of drug-likeness (QED) is 0.503. The second kappa shape index (κ2) is 7.75. The minimum Gasteiger partial charge on any atom is -0.505 e. The number of ether oxygens (including phenoxy) is 1. The molecular formula is C23H20FN3O2. The molecule has 4 aromatic rings. The first-order valence-electron chi connectivity index (χ1n) is 9.15. The fourth-order valence-corrected chi connectivity index (χ4v) is 3.35. The number of nitrogens with one attached hydrogen (secondary N) is 1. The third-order valence-corrected chi connectivity index (χ3v) is 4.76. The lowest BCUT2D eigenvalue weighted by atomic mass is 9.95. The Kier molecular flexibility index (Phi) is 4.99. The van der Waals surface area contributed by atoms with E-state index in [1.54, 1.807) is 18.5 Å². The van der Waals surface area contributed by atoms with Crippen molar-refractivity contribution in [1.82, 2.24) is 9.97 Å². The molecule has 4 rings (SSSR count). The van der Waals surface area contributed by atoms with Crippen LogP contribution in [0, 0.1) is 12.7 Å². The molecule has 0 radical (unpaired) electrons. The summed E-state index contributed by atoms with van der Waals surface area (Å²) in [7, 11) is 1.49. The van der Waals surface area contributed by atoms with Gasteiger partial charge in [-0.05, 0) is 48.4 Å². The predicted molar refractivity (Wildman–Crippen MR) is 111 cm³/mol. The number of hydrogen-bond acceptors (Lipinski definition) is 5. The molecule has 0 bridgehead atoms. The summed E-state index contributed by atoms with van der Waals surface area (Å²) in [6, 6.07) is 15.1. The van der Waals surface area contributed by atoms with E-state index in [0.29, 0.717) is 28.2 Å². The van der Waals surface area contributed by atoms with Crippen molar-refractivity contribution >= 4 is 16.7 Å². The van der Waals surface area contributed by atoms with Gasteiger partial charge >= 0.3 is 0 Å². The number of aromatic nitrogens is 2. The van der Waals surface area contributed by atoms with Crippen molar-refractivity contribution in [3.63, 3.8) is 0 Å². The lowest BCUT2D eigenvalue weighted by Gasteiger charge is -2.22. The number of methoxy groups -OCH3 is 1. The maximum Gasteiger partial charge on any atom is 0.147 e. The van der Waals surface area contributed by atoms with Crippen LogP contribution in [0.2, 0.25) is 0 Å². The molecule has 0 fully saturated rings. The summed E-state index contributed by atoms with van der Waals surface area (Å²) in [4.78, 5) is 8.65. The molecule has 0 saturated heterocycles. The van der Waals surface area contributed by atoms with Gasteiger partial charge in [-0.3, -0.25) is 4.98 Å². The van der Waals surface area contributed by atoms with Crippen molar-refractivity contribution < 1.29 is 14.2 Å². The third-order valence-electron chi connectivity index (χ3n) is 4.76. The van der Waals surface area contributed by atoms with E-state index in [2.05, 4.69) is 15.3 Å². The summed E-state index contributed by atoms with van der Waals surface area (Å²) < 4.78 is 19.5. The number of hydrogen-bond donors (Lipinski definition) is 2. The minimum absolute atomic E-state index is 0.0384. The van der Waals surface area contributed by atoms with Gasteiger partial charge in [0.1, 0.15) is 28.7 Å². The van der Waals surface area contributed by atoms with Crippen molar-refractivity contribution in [2.75, 3.05) is 12.4 Å². The summed E-state index contributed by atoms with van der Waals surface area (Å²) in [5, 5.41) is 15.1.